The van der Waals surface area contributed by atoms with Crippen LogP contribution in [-0.2, 0) is 0 Å². The highest BCUT2D eigenvalue weighted by atomic mass is 127. The first kappa shape index (κ1) is 6.26. The first-order valence-electron chi connectivity index (χ1n) is 1.33. The first-order valence-corrected chi connectivity index (χ1v) is 2.58. The maximum Gasteiger partial charge on any atom is 0.171 e. The fourth-order valence-corrected chi connectivity index (χ4v) is 0.0282. The van der Waals surface area contributed by atoms with E-state index in [4.69, 9.17) is 0 Å². The van der Waals surface area contributed by atoms with Gasteiger partial charge in [0.05, 0.1) is 0 Å². The van der Waals surface area contributed by atoms with E-state index in [1.807, 2.05) is 0 Å². The molecule has 0 radical (unpaired) electrons. The van der Waals surface area contributed by atoms with E-state index in [1.165, 1.54) is 0 Å². The van der Waals surface area contributed by atoms with Gasteiger partial charge in [-0.15, -0.1) is 4.91 Å². The Morgan fingerprint density at radius 3 is 2.50 bits per heavy atom. The molecule has 0 fully saturated rings. The molecule has 0 rings (SSSR count). The normalized spacial score (nSPS) is 13.7. The highest BCUT2D eigenvalue weighted by Gasteiger charge is 1.96. The Balaban J connectivity index is 2.96. The van der Waals surface area contributed by atoms with Crippen molar-refractivity contribution in [2.75, 3.05) is 6.67 Å². The smallest absolute Gasteiger partial charge is 0.171 e. The van der Waals surface area contributed by atoms with E-state index in [0.29, 0.717) is 0 Å². The zero-order valence-corrected chi connectivity index (χ0v) is 5.05. The zero-order chi connectivity index (χ0) is 4.99. The summed E-state index contributed by atoms with van der Waals surface area (Å²) in [5, 5.41) is 2.37. The number of rotatable bonds is 2. The number of nitrogens with zero attached hydrogens (tertiary/aromatic N) is 1. The summed E-state index contributed by atoms with van der Waals surface area (Å²) in [5.41, 5.74) is 0. The molecule has 0 aromatic rings. The predicted molar refractivity (Wildman–Crippen MR) is 29.6 cm³/mol. The number of hydrogen-bond acceptors (Lipinski definition) is 2. The lowest BCUT2D eigenvalue weighted by Crippen LogP contribution is -1.90. The molecular weight excluding hydrogens is 200 g/mol. The van der Waals surface area contributed by atoms with Crippen LogP contribution in [0.15, 0.2) is 5.18 Å². The van der Waals surface area contributed by atoms with E-state index in [0.717, 1.165) is 0 Å². The Morgan fingerprint density at radius 2 is 2.50 bits per heavy atom. The van der Waals surface area contributed by atoms with Crippen LogP contribution in [0.2, 0.25) is 0 Å². The van der Waals surface area contributed by atoms with Gasteiger partial charge in [-0.25, -0.2) is 4.39 Å². The third kappa shape index (κ3) is 2.49. The van der Waals surface area contributed by atoms with Crippen molar-refractivity contribution in [3.8, 4) is 0 Å². The van der Waals surface area contributed by atoms with Gasteiger partial charge < -0.3 is 0 Å². The molecule has 0 saturated carbocycles. The second kappa shape index (κ2) is 3.45. The first-order chi connectivity index (χ1) is 2.81. The van der Waals surface area contributed by atoms with Crippen LogP contribution in [0.3, 0.4) is 0 Å². The summed E-state index contributed by atoms with van der Waals surface area (Å²) in [7, 11) is 0. The van der Waals surface area contributed by atoms with Crippen LogP contribution in [0, 0.1) is 4.91 Å². The van der Waals surface area contributed by atoms with Crippen molar-refractivity contribution in [2.24, 2.45) is 5.18 Å². The van der Waals surface area contributed by atoms with Gasteiger partial charge in [0.25, 0.3) is 0 Å². The lowest BCUT2D eigenvalue weighted by atomic mass is 10.8. The van der Waals surface area contributed by atoms with Crippen molar-refractivity contribution in [3.05, 3.63) is 4.91 Å². The fourth-order valence-electron chi connectivity index (χ4n) is 0.0282. The Bertz CT molecular complexity index is 50.8. The summed E-state index contributed by atoms with van der Waals surface area (Å²) in [6.45, 7) is -0.663. The molecule has 0 amide bonds. The predicted octanol–water partition coefficient (Wildman–Crippen LogP) is 1.48. The molecule has 0 N–H and O–H groups in total. The maximum absolute atomic E-state index is 11.1. The van der Waals surface area contributed by atoms with Gasteiger partial charge in [-0.3, -0.25) is 0 Å². The second-order valence-corrected chi connectivity index (χ2v) is 2.13. The molecular formula is C2H3FINO. The molecule has 0 aromatic heterocycles. The molecule has 6 heavy (non-hydrogen) atoms. The molecule has 4 heteroatoms. The van der Waals surface area contributed by atoms with E-state index in [9.17, 15) is 9.30 Å². The highest BCUT2D eigenvalue weighted by molar-refractivity contribution is 14.1. The molecule has 0 aliphatic rings. The van der Waals surface area contributed by atoms with E-state index in [-0.39, 0.29) is 0 Å². The molecule has 0 aromatic carbocycles. The average molecular weight is 203 g/mol. The Hall–Kier alpha value is 0.260. The van der Waals surface area contributed by atoms with E-state index in [1.54, 1.807) is 22.6 Å². The molecule has 0 aliphatic heterocycles. The summed E-state index contributed by atoms with van der Waals surface area (Å²) >= 11 is 1.62. The lowest BCUT2D eigenvalue weighted by Gasteiger charge is -1.83. The van der Waals surface area contributed by atoms with Crippen molar-refractivity contribution >= 4 is 22.6 Å². The van der Waals surface area contributed by atoms with Crippen LogP contribution >= 0.6 is 22.6 Å². The summed E-state index contributed by atoms with van der Waals surface area (Å²) in [6.07, 6.45) is 0. The van der Waals surface area contributed by atoms with Crippen LogP contribution in [0.5, 0.6) is 0 Å². The van der Waals surface area contributed by atoms with Gasteiger partial charge in [-0.05, 0) is 22.6 Å². The Kier molecular flexibility index (Phi) is 3.60. The summed E-state index contributed by atoms with van der Waals surface area (Å²) in [4.78, 5) is 9.24. The van der Waals surface area contributed by atoms with Gasteiger partial charge in [0.15, 0.2) is 4.05 Å². The number of hydrogen-bond donors (Lipinski definition) is 0. The minimum absolute atomic E-state index is 0.663. The quantitative estimate of drug-likeness (QED) is 0.289. The van der Waals surface area contributed by atoms with Crippen LogP contribution in [0.1, 0.15) is 0 Å². The molecule has 0 spiro atoms. The zero-order valence-electron chi connectivity index (χ0n) is 2.90. The molecule has 1 atom stereocenters. The highest BCUT2D eigenvalue weighted by Crippen LogP contribution is 1.99. The molecule has 0 aliphatic carbocycles. The monoisotopic (exact) mass is 203 g/mol. The van der Waals surface area contributed by atoms with Crippen LogP contribution in [0.25, 0.3) is 0 Å². The Morgan fingerprint density at radius 1 is 2.00 bits per heavy atom. The van der Waals surface area contributed by atoms with Gasteiger partial charge in [0.2, 0.25) is 0 Å². The number of halogens is 2. The molecule has 36 valence electrons. The van der Waals surface area contributed by atoms with Crippen LogP contribution in [-0.4, -0.2) is 10.7 Å². The largest absolute Gasteiger partial charge is 0.248 e. The van der Waals surface area contributed by atoms with Gasteiger partial charge in [0.1, 0.15) is 6.67 Å². The topological polar surface area (TPSA) is 29.4 Å². The van der Waals surface area contributed by atoms with Crippen molar-refractivity contribution < 1.29 is 4.39 Å². The van der Waals surface area contributed by atoms with E-state index < -0.39 is 10.7 Å². The molecule has 0 bridgehead atoms. The van der Waals surface area contributed by atoms with Crippen molar-refractivity contribution in [3.63, 3.8) is 0 Å². The van der Waals surface area contributed by atoms with Gasteiger partial charge in [-0.1, -0.05) is 5.18 Å². The summed E-state index contributed by atoms with van der Waals surface area (Å²) in [6, 6.07) is 0. The van der Waals surface area contributed by atoms with Gasteiger partial charge >= 0.3 is 0 Å². The summed E-state index contributed by atoms with van der Waals surface area (Å²) in [5.74, 6) is 0. The van der Waals surface area contributed by atoms with Gasteiger partial charge in [-0.2, -0.15) is 0 Å². The third-order valence-electron chi connectivity index (χ3n) is 0.242. The molecule has 2 nitrogen and oxygen atoms in total. The van der Waals surface area contributed by atoms with Crippen molar-refractivity contribution in [1.82, 2.24) is 0 Å². The number of alkyl halides is 2. The molecule has 0 heterocycles. The van der Waals surface area contributed by atoms with Crippen LogP contribution < -0.4 is 0 Å². The van der Waals surface area contributed by atoms with Gasteiger partial charge in [0, 0.05) is 0 Å². The fraction of sp³-hybridized carbons (Fsp3) is 1.00. The van der Waals surface area contributed by atoms with Crippen molar-refractivity contribution in [2.45, 2.75) is 4.05 Å². The minimum atomic E-state index is -0.692. The number of nitroso groups, excluding NO2 is 1. The minimum Gasteiger partial charge on any atom is -0.248 e. The second-order valence-electron chi connectivity index (χ2n) is 0.694. The van der Waals surface area contributed by atoms with E-state index in [2.05, 4.69) is 5.18 Å². The molecule has 0 unspecified atom stereocenters. The van der Waals surface area contributed by atoms with E-state index >= 15 is 0 Å². The summed E-state index contributed by atoms with van der Waals surface area (Å²) < 4.78 is 10.4. The third-order valence-corrected chi connectivity index (χ3v) is 0.802. The lowest BCUT2D eigenvalue weighted by molar-refractivity contribution is 0.495. The van der Waals surface area contributed by atoms with Crippen LogP contribution in [0.4, 0.5) is 4.39 Å². The molecule has 0 saturated heterocycles. The SMILES string of the molecule is O=N[C@H](I)CF. The standard InChI is InChI=1S/C2H3FINO/c3-1-2(4)5-6/h2H,1H2/t2-/m0/s1. The maximum atomic E-state index is 11.1. The Labute approximate surface area is 48.2 Å². The average Bonchev–Trinajstić information content (AvgIpc) is 1.65. The van der Waals surface area contributed by atoms with Crippen molar-refractivity contribution in [1.29, 1.82) is 0 Å².